The van der Waals surface area contributed by atoms with Gasteiger partial charge in [0.15, 0.2) is 0 Å². The number of carbonyl (C=O) groups is 1. The van der Waals surface area contributed by atoms with Crippen molar-refractivity contribution in [2.75, 3.05) is 3.86 Å². The summed E-state index contributed by atoms with van der Waals surface area (Å²) < 4.78 is 5.06. The Bertz CT molecular complexity index is 79.8. The molecule has 0 unspecified atom stereocenters. The zero-order chi connectivity index (χ0) is 5.70. The van der Waals surface area contributed by atoms with Crippen molar-refractivity contribution < 1.29 is 9.53 Å². The van der Waals surface area contributed by atoms with Crippen LogP contribution in [0.4, 0.5) is 0 Å². The van der Waals surface area contributed by atoms with Crippen molar-refractivity contribution in [2.24, 2.45) is 0 Å². The normalized spacial score (nSPS) is 7.71. The summed E-state index contributed by atoms with van der Waals surface area (Å²) in [5, 5.41) is 0. The third kappa shape index (κ3) is 4.05. The summed E-state index contributed by atoms with van der Waals surface area (Å²) in [6.45, 7) is 3.22. The number of rotatable bonds is 2. The molecular weight excluding hydrogens is 103 g/mol. The van der Waals surface area contributed by atoms with Crippen LogP contribution < -0.4 is 0 Å². The second-order valence-corrected chi connectivity index (χ2v) is 1.53. The van der Waals surface area contributed by atoms with Crippen molar-refractivity contribution in [3.8, 4) is 0 Å². The van der Waals surface area contributed by atoms with Gasteiger partial charge < -0.3 is 0 Å². The molecule has 0 rings (SSSR count). The van der Waals surface area contributed by atoms with Crippen LogP contribution in [0.3, 0.4) is 0 Å². The molecular formula is C4H5NaO2. The molecule has 0 aliphatic carbocycles. The van der Waals surface area contributed by atoms with E-state index in [0.717, 1.165) is 34.0 Å². The molecule has 0 heterocycles. The van der Waals surface area contributed by atoms with Gasteiger partial charge in [0.05, 0.1) is 0 Å². The third-order valence-electron chi connectivity index (χ3n) is 0.453. The fourth-order valence-electron chi connectivity index (χ4n) is 0.201. The summed E-state index contributed by atoms with van der Waals surface area (Å²) in [6, 6.07) is 0. The Morgan fingerprint density at radius 2 is 2.57 bits per heavy atom. The van der Waals surface area contributed by atoms with Gasteiger partial charge in [-0.05, 0) is 0 Å². The first kappa shape index (κ1) is 7.21. The molecule has 0 aliphatic heterocycles. The van der Waals surface area contributed by atoms with Gasteiger partial charge in [-0.1, -0.05) is 0 Å². The molecule has 0 atom stereocenters. The summed E-state index contributed by atoms with van der Waals surface area (Å²) in [4.78, 5) is 10.1. The Labute approximate surface area is 60.0 Å². The minimum atomic E-state index is -0.324. The van der Waals surface area contributed by atoms with Gasteiger partial charge in [0.1, 0.15) is 0 Å². The van der Waals surface area contributed by atoms with Gasteiger partial charge in [0.25, 0.3) is 0 Å². The Balaban J connectivity index is 3.17. The van der Waals surface area contributed by atoms with Gasteiger partial charge in [-0.3, -0.25) is 0 Å². The fourth-order valence-corrected chi connectivity index (χ4v) is 0.486. The predicted molar refractivity (Wildman–Crippen MR) is 26.9 cm³/mol. The minimum absolute atomic E-state index is 0.324. The summed E-state index contributed by atoms with van der Waals surface area (Å²) in [5.74, 6) is -0.324. The zero-order valence-electron chi connectivity index (χ0n) is 4.31. The van der Waals surface area contributed by atoms with Crippen LogP contribution in [0.1, 0.15) is 0 Å². The average Bonchev–Trinajstić information content (AvgIpc) is 1.68. The quantitative estimate of drug-likeness (QED) is 0.279. The van der Waals surface area contributed by atoms with Crippen LogP contribution in [0, 0.1) is 0 Å². The molecule has 0 aromatic heterocycles. The van der Waals surface area contributed by atoms with Crippen molar-refractivity contribution in [1.29, 1.82) is 0 Å². The molecule has 0 saturated heterocycles. The van der Waals surface area contributed by atoms with E-state index in [2.05, 4.69) is 11.3 Å². The van der Waals surface area contributed by atoms with Crippen LogP contribution >= 0.6 is 0 Å². The third-order valence-corrected chi connectivity index (χ3v) is 0.742. The molecule has 0 saturated carbocycles. The molecule has 0 radical (unpaired) electrons. The number of hydrogen-bond acceptors (Lipinski definition) is 2. The van der Waals surface area contributed by atoms with E-state index < -0.39 is 0 Å². The van der Waals surface area contributed by atoms with Gasteiger partial charge in [-0.2, -0.15) is 0 Å². The second-order valence-electron chi connectivity index (χ2n) is 0.956. The van der Waals surface area contributed by atoms with Gasteiger partial charge in [-0.25, -0.2) is 0 Å². The maximum absolute atomic E-state index is 10.1. The molecule has 7 heavy (non-hydrogen) atoms. The summed E-state index contributed by atoms with van der Waals surface area (Å²) in [6.07, 6.45) is 1.16. The van der Waals surface area contributed by atoms with E-state index in [1.54, 1.807) is 0 Å². The average molecular weight is 108 g/mol. The Kier molecular flexibility index (Phi) is 4.50. The SMILES string of the molecule is C=CC(=O)O[CH2][Na]. The summed E-state index contributed by atoms with van der Waals surface area (Å²) in [5.41, 5.74) is 0. The molecule has 0 spiro atoms. The van der Waals surface area contributed by atoms with Crippen molar-refractivity contribution in [1.82, 2.24) is 0 Å². The molecule has 0 fully saturated rings. The van der Waals surface area contributed by atoms with E-state index >= 15 is 0 Å². The maximum atomic E-state index is 10.1. The molecule has 0 N–H and O–H groups in total. The Hall–Kier alpha value is 0.210. The fraction of sp³-hybridized carbons (Fsp3) is 0.250. The number of carbonyl (C=O) groups excluding carboxylic acids is 1. The van der Waals surface area contributed by atoms with Crippen molar-refractivity contribution in [2.45, 2.75) is 0 Å². The molecule has 0 bridgehead atoms. The molecule has 3 heteroatoms. The molecule has 2 nitrogen and oxygen atoms in total. The van der Waals surface area contributed by atoms with Crippen LogP contribution in [0.25, 0.3) is 0 Å². The van der Waals surface area contributed by atoms with E-state index in [4.69, 9.17) is 0 Å². The van der Waals surface area contributed by atoms with Crippen LogP contribution in [0.5, 0.6) is 0 Å². The second kappa shape index (κ2) is 4.37. The topological polar surface area (TPSA) is 26.3 Å². The number of ether oxygens (including phenoxy) is 1. The van der Waals surface area contributed by atoms with Crippen LogP contribution in [-0.2, 0) is 9.53 Å². The first-order valence-electron chi connectivity index (χ1n) is 2.10. The first-order chi connectivity index (χ1) is 3.31. The van der Waals surface area contributed by atoms with Crippen molar-refractivity contribution >= 4 is 33.9 Å². The molecule has 0 aliphatic rings. The first-order valence-corrected chi connectivity index (χ1v) is 3.52. The number of esters is 1. The van der Waals surface area contributed by atoms with E-state index in [1.807, 2.05) is 0 Å². The molecule has 0 aromatic carbocycles. The van der Waals surface area contributed by atoms with E-state index in [1.165, 1.54) is 0 Å². The van der Waals surface area contributed by atoms with Gasteiger partial charge in [0.2, 0.25) is 0 Å². The molecule has 34 valence electrons. The summed E-state index contributed by atoms with van der Waals surface area (Å²) >= 11 is 0.901. The van der Waals surface area contributed by atoms with Crippen LogP contribution in [0.2, 0.25) is 0 Å². The number of hydrogen-bond donors (Lipinski definition) is 0. The van der Waals surface area contributed by atoms with Crippen molar-refractivity contribution in [3.63, 3.8) is 0 Å². The predicted octanol–water partition coefficient (Wildman–Crippen LogP) is -0.158. The van der Waals surface area contributed by atoms with E-state index in [9.17, 15) is 4.79 Å². The monoisotopic (exact) mass is 108 g/mol. The van der Waals surface area contributed by atoms with Crippen LogP contribution in [0.15, 0.2) is 12.7 Å². The van der Waals surface area contributed by atoms with Crippen LogP contribution in [-0.4, -0.2) is 37.8 Å². The Morgan fingerprint density at radius 3 is 2.71 bits per heavy atom. The Morgan fingerprint density at radius 1 is 2.00 bits per heavy atom. The van der Waals surface area contributed by atoms with Gasteiger partial charge in [-0.15, -0.1) is 0 Å². The molecule has 0 amide bonds. The summed E-state index contributed by atoms with van der Waals surface area (Å²) in [7, 11) is 0. The van der Waals surface area contributed by atoms with E-state index in [-0.39, 0.29) is 5.97 Å². The van der Waals surface area contributed by atoms with E-state index in [0.29, 0.717) is 3.86 Å². The van der Waals surface area contributed by atoms with Crippen molar-refractivity contribution in [3.05, 3.63) is 12.7 Å². The zero-order valence-corrected chi connectivity index (χ0v) is 6.31. The van der Waals surface area contributed by atoms with Gasteiger partial charge >= 0.3 is 59.9 Å². The van der Waals surface area contributed by atoms with Gasteiger partial charge in [0, 0.05) is 0 Å². The molecule has 0 aromatic rings. The standard InChI is InChI=1S/C4H5O2.Na/c1-3-4(5)6-2;/h3H,1-2H2;.